The first kappa shape index (κ1) is 14.0. The van der Waals surface area contributed by atoms with Crippen LogP contribution in [-0.2, 0) is 11.3 Å². The summed E-state index contributed by atoms with van der Waals surface area (Å²) in [5, 5.41) is 7.07. The zero-order chi connectivity index (χ0) is 15.2. The molecule has 5 nitrogen and oxygen atoms in total. The Kier molecular flexibility index (Phi) is 4.25. The van der Waals surface area contributed by atoms with Gasteiger partial charge in [0.25, 0.3) is 0 Å². The average molecular weight is 292 g/mol. The maximum absolute atomic E-state index is 12.3. The number of rotatable bonds is 5. The SMILES string of the molecule is O=C(Cn1cccn1)N[C@H](c1ccccc1)c1ccccn1. The molecule has 1 atom stereocenters. The molecule has 1 amide bonds. The lowest BCUT2D eigenvalue weighted by Gasteiger charge is -2.18. The molecule has 2 aromatic heterocycles. The van der Waals surface area contributed by atoms with E-state index in [1.807, 2.05) is 48.5 Å². The van der Waals surface area contributed by atoms with Crippen LogP contribution in [0.5, 0.6) is 0 Å². The van der Waals surface area contributed by atoms with Crippen molar-refractivity contribution < 1.29 is 4.79 Å². The van der Waals surface area contributed by atoms with Crippen LogP contribution in [0.3, 0.4) is 0 Å². The van der Waals surface area contributed by atoms with Gasteiger partial charge in [0.05, 0.1) is 11.7 Å². The Morgan fingerprint density at radius 1 is 1.05 bits per heavy atom. The number of carbonyl (C=O) groups excluding carboxylic acids is 1. The van der Waals surface area contributed by atoms with Gasteiger partial charge < -0.3 is 5.32 Å². The molecular weight excluding hydrogens is 276 g/mol. The van der Waals surface area contributed by atoms with Crippen LogP contribution in [0.25, 0.3) is 0 Å². The number of nitrogens with one attached hydrogen (secondary N) is 1. The highest BCUT2D eigenvalue weighted by Gasteiger charge is 2.17. The molecule has 0 aliphatic heterocycles. The number of amides is 1. The van der Waals surface area contributed by atoms with E-state index in [9.17, 15) is 4.79 Å². The molecule has 110 valence electrons. The third kappa shape index (κ3) is 3.38. The van der Waals surface area contributed by atoms with Gasteiger partial charge in [0.2, 0.25) is 5.91 Å². The predicted molar refractivity (Wildman–Crippen MR) is 82.9 cm³/mol. The van der Waals surface area contributed by atoms with Crippen molar-refractivity contribution in [2.75, 3.05) is 0 Å². The summed E-state index contributed by atoms with van der Waals surface area (Å²) in [6, 6.07) is 17.0. The first-order chi connectivity index (χ1) is 10.8. The van der Waals surface area contributed by atoms with Crippen LogP contribution in [-0.4, -0.2) is 20.7 Å². The molecule has 0 saturated carbocycles. The van der Waals surface area contributed by atoms with Crippen LogP contribution >= 0.6 is 0 Å². The summed E-state index contributed by atoms with van der Waals surface area (Å²) in [5.41, 5.74) is 1.80. The molecule has 0 spiro atoms. The van der Waals surface area contributed by atoms with Gasteiger partial charge in [-0.05, 0) is 23.8 Å². The minimum Gasteiger partial charge on any atom is -0.342 e. The van der Waals surface area contributed by atoms with E-state index in [-0.39, 0.29) is 18.5 Å². The lowest BCUT2D eigenvalue weighted by molar-refractivity contribution is -0.122. The van der Waals surface area contributed by atoms with E-state index in [0.29, 0.717) is 0 Å². The van der Waals surface area contributed by atoms with Crippen LogP contribution in [0.2, 0.25) is 0 Å². The van der Waals surface area contributed by atoms with Crippen molar-refractivity contribution in [1.29, 1.82) is 0 Å². The first-order valence-corrected chi connectivity index (χ1v) is 7.05. The zero-order valence-electron chi connectivity index (χ0n) is 12.0. The van der Waals surface area contributed by atoms with E-state index in [4.69, 9.17) is 0 Å². The summed E-state index contributed by atoms with van der Waals surface area (Å²) in [6.45, 7) is 0.184. The summed E-state index contributed by atoms with van der Waals surface area (Å²) < 4.78 is 1.59. The number of hydrogen-bond donors (Lipinski definition) is 1. The smallest absolute Gasteiger partial charge is 0.242 e. The summed E-state index contributed by atoms with van der Waals surface area (Å²) in [6.07, 6.45) is 5.14. The predicted octanol–water partition coefficient (Wildman–Crippen LogP) is 2.18. The van der Waals surface area contributed by atoms with Crippen molar-refractivity contribution in [2.45, 2.75) is 12.6 Å². The largest absolute Gasteiger partial charge is 0.342 e. The molecule has 0 saturated heterocycles. The third-order valence-electron chi connectivity index (χ3n) is 3.29. The Labute approximate surface area is 128 Å². The van der Waals surface area contributed by atoms with Crippen LogP contribution in [0, 0.1) is 0 Å². The summed E-state index contributed by atoms with van der Waals surface area (Å²) in [5.74, 6) is -0.108. The second kappa shape index (κ2) is 6.67. The first-order valence-electron chi connectivity index (χ1n) is 7.05. The fourth-order valence-corrected chi connectivity index (χ4v) is 2.27. The Morgan fingerprint density at radius 2 is 1.86 bits per heavy atom. The highest BCUT2D eigenvalue weighted by Crippen LogP contribution is 2.19. The Bertz CT molecular complexity index is 671. The molecule has 5 heteroatoms. The van der Waals surface area contributed by atoms with E-state index in [1.54, 1.807) is 29.3 Å². The van der Waals surface area contributed by atoms with Gasteiger partial charge in [-0.15, -0.1) is 0 Å². The van der Waals surface area contributed by atoms with Gasteiger partial charge in [-0.1, -0.05) is 36.4 Å². The van der Waals surface area contributed by atoms with E-state index >= 15 is 0 Å². The van der Waals surface area contributed by atoms with Gasteiger partial charge in [-0.25, -0.2) is 0 Å². The molecule has 1 N–H and O–H groups in total. The van der Waals surface area contributed by atoms with Crippen molar-refractivity contribution in [3.8, 4) is 0 Å². The minimum atomic E-state index is -0.273. The van der Waals surface area contributed by atoms with Crippen LogP contribution in [0.4, 0.5) is 0 Å². The lowest BCUT2D eigenvalue weighted by atomic mass is 10.0. The van der Waals surface area contributed by atoms with Gasteiger partial charge in [0.15, 0.2) is 0 Å². The molecule has 0 unspecified atom stereocenters. The molecule has 22 heavy (non-hydrogen) atoms. The number of aromatic nitrogens is 3. The van der Waals surface area contributed by atoms with Gasteiger partial charge >= 0.3 is 0 Å². The number of hydrogen-bond acceptors (Lipinski definition) is 3. The Hall–Kier alpha value is -2.95. The van der Waals surface area contributed by atoms with Gasteiger partial charge in [-0.2, -0.15) is 5.10 Å². The molecule has 0 aliphatic rings. The number of carbonyl (C=O) groups is 1. The Morgan fingerprint density at radius 3 is 2.55 bits per heavy atom. The number of pyridine rings is 1. The second-order valence-corrected chi connectivity index (χ2v) is 4.87. The zero-order valence-corrected chi connectivity index (χ0v) is 12.0. The van der Waals surface area contributed by atoms with Crippen molar-refractivity contribution >= 4 is 5.91 Å². The molecule has 1 aromatic carbocycles. The average Bonchev–Trinajstić information content (AvgIpc) is 3.07. The highest BCUT2D eigenvalue weighted by molar-refractivity contribution is 5.76. The summed E-state index contributed by atoms with van der Waals surface area (Å²) >= 11 is 0. The number of nitrogens with zero attached hydrogens (tertiary/aromatic N) is 3. The quantitative estimate of drug-likeness (QED) is 0.784. The highest BCUT2D eigenvalue weighted by atomic mass is 16.2. The third-order valence-corrected chi connectivity index (χ3v) is 3.29. The lowest BCUT2D eigenvalue weighted by Crippen LogP contribution is -2.32. The normalized spacial score (nSPS) is 11.8. The van der Waals surface area contributed by atoms with E-state index in [1.165, 1.54) is 0 Å². The molecule has 0 bridgehead atoms. The minimum absolute atomic E-state index is 0.108. The second-order valence-electron chi connectivity index (χ2n) is 4.87. The standard InChI is InChI=1S/C17H16N4O/c22-16(13-21-12-6-11-19-21)20-17(14-7-2-1-3-8-14)15-9-4-5-10-18-15/h1-12,17H,13H2,(H,20,22)/t17-/m1/s1. The maximum atomic E-state index is 12.3. The molecular formula is C17H16N4O. The van der Waals surface area contributed by atoms with E-state index in [0.717, 1.165) is 11.3 Å². The summed E-state index contributed by atoms with van der Waals surface area (Å²) in [7, 11) is 0. The van der Waals surface area contributed by atoms with E-state index < -0.39 is 0 Å². The molecule has 2 heterocycles. The van der Waals surface area contributed by atoms with E-state index in [2.05, 4.69) is 15.4 Å². The summed E-state index contributed by atoms with van der Waals surface area (Å²) in [4.78, 5) is 16.6. The van der Waals surface area contributed by atoms with Crippen molar-refractivity contribution in [1.82, 2.24) is 20.1 Å². The van der Waals surface area contributed by atoms with Crippen molar-refractivity contribution in [2.24, 2.45) is 0 Å². The number of benzene rings is 1. The molecule has 0 radical (unpaired) electrons. The van der Waals surface area contributed by atoms with Crippen LogP contribution < -0.4 is 5.32 Å². The fraction of sp³-hybridized carbons (Fsp3) is 0.118. The van der Waals surface area contributed by atoms with Crippen LogP contribution in [0.1, 0.15) is 17.3 Å². The van der Waals surface area contributed by atoms with Gasteiger partial charge in [-0.3, -0.25) is 14.5 Å². The van der Waals surface area contributed by atoms with Gasteiger partial charge in [0, 0.05) is 18.6 Å². The topological polar surface area (TPSA) is 59.8 Å². The Balaban J connectivity index is 1.81. The van der Waals surface area contributed by atoms with Crippen molar-refractivity contribution in [3.05, 3.63) is 84.4 Å². The molecule has 3 aromatic rings. The monoisotopic (exact) mass is 292 g/mol. The van der Waals surface area contributed by atoms with Crippen LogP contribution in [0.15, 0.2) is 73.2 Å². The van der Waals surface area contributed by atoms with Gasteiger partial charge in [0.1, 0.15) is 6.54 Å². The molecule has 0 fully saturated rings. The molecule has 3 rings (SSSR count). The fourth-order valence-electron chi connectivity index (χ4n) is 2.27. The maximum Gasteiger partial charge on any atom is 0.242 e. The molecule has 0 aliphatic carbocycles. The van der Waals surface area contributed by atoms with Crippen molar-refractivity contribution in [3.63, 3.8) is 0 Å².